The second kappa shape index (κ2) is 7.40. The van der Waals surface area contributed by atoms with Gasteiger partial charge in [0, 0.05) is 32.2 Å². The third-order valence-corrected chi connectivity index (χ3v) is 3.81. The van der Waals surface area contributed by atoms with Gasteiger partial charge in [0.2, 0.25) is 0 Å². The van der Waals surface area contributed by atoms with Crippen LogP contribution in [0, 0.1) is 0 Å². The number of methoxy groups -OCH3 is 1. The minimum Gasteiger partial charge on any atom is -0.453 e. The first-order chi connectivity index (χ1) is 10.1. The first kappa shape index (κ1) is 15.8. The lowest BCUT2D eigenvalue weighted by Crippen LogP contribution is -2.37. The van der Waals surface area contributed by atoms with E-state index >= 15 is 0 Å². The van der Waals surface area contributed by atoms with Crippen molar-refractivity contribution in [1.29, 1.82) is 0 Å². The first-order valence-corrected chi connectivity index (χ1v) is 7.16. The lowest BCUT2D eigenvalue weighted by Gasteiger charge is -2.20. The predicted molar refractivity (Wildman–Crippen MR) is 79.7 cm³/mol. The topological polar surface area (TPSA) is 87.8 Å². The van der Waals surface area contributed by atoms with Gasteiger partial charge in [-0.05, 0) is 17.5 Å². The Balaban J connectivity index is 1.83. The van der Waals surface area contributed by atoms with E-state index in [-0.39, 0.29) is 6.04 Å². The number of hydrogen-bond donors (Lipinski definition) is 3. The van der Waals surface area contributed by atoms with Crippen LogP contribution >= 0.6 is 0 Å². The van der Waals surface area contributed by atoms with Crippen LogP contribution in [-0.2, 0) is 11.3 Å². The number of benzene rings is 1. The van der Waals surface area contributed by atoms with E-state index < -0.39 is 12.2 Å². The van der Waals surface area contributed by atoms with E-state index in [2.05, 4.69) is 15.0 Å². The molecule has 1 aliphatic rings. The molecule has 1 heterocycles. The van der Waals surface area contributed by atoms with Gasteiger partial charge >= 0.3 is 6.09 Å². The molecule has 1 aromatic rings. The molecule has 0 aromatic heterocycles. The van der Waals surface area contributed by atoms with Crippen LogP contribution in [0.25, 0.3) is 0 Å². The summed E-state index contributed by atoms with van der Waals surface area (Å²) in [6.45, 7) is 2.64. The second-order valence-electron chi connectivity index (χ2n) is 5.34. The largest absolute Gasteiger partial charge is 0.453 e. The molecule has 1 saturated heterocycles. The van der Waals surface area contributed by atoms with Crippen LogP contribution in [0.4, 0.5) is 4.79 Å². The molecule has 1 aromatic carbocycles. The van der Waals surface area contributed by atoms with Crippen molar-refractivity contribution in [3.63, 3.8) is 0 Å². The quantitative estimate of drug-likeness (QED) is 0.740. The normalized spacial score (nSPS) is 20.2. The summed E-state index contributed by atoms with van der Waals surface area (Å²) in [4.78, 5) is 13.3. The number of alkyl carbamates (subject to hydrolysis) is 1. The standard InChI is InChI=1S/C15H23N3O3/c1-21-15(20)17-13-6-7-18(9-13)10-14(19)12-4-2-11(8-16)3-5-12/h2-5,13-14,19H,6-10,16H2,1H3,(H,17,20). The molecule has 0 bridgehead atoms. The minimum atomic E-state index is -0.534. The smallest absolute Gasteiger partial charge is 0.407 e. The molecule has 1 fully saturated rings. The fourth-order valence-corrected chi connectivity index (χ4v) is 2.57. The Morgan fingerprint density at radius 1 is 1.52 bits per heavy atom. The van der Waals surface area contributed by atoms with Crippen LogP contribution in [-0.4, -0.2) is 48.9 Å². The van der Waals surface area contributed by atoms with Gasteiger partial charge in [0.15, 0.2) is 0 Å². The Morgan fingerprint density at radius 2 is 2.24 bits per heavy atom. The summed E-state index contributed by atoms with van der Waals surface area (Å²) < 4.78 is 4.59. The van der Waals surface area contributed by atoms with Crippen LogP contribution in [0.2, 0.25) is 0 Å². The van der Waals surface area contributed by atoms with Gasteiger partial charge in [0.1, 0.15) is 0 Å². The molecule has 0 radical (unpaired) electrons. The number of nitrogens with zero attached hydrogens (tertiary/aromatic N) is 1. The zero-order chi connectivity index (χ0) is 15.2. The van der Waals surface area contributed by atoms with Crippen molar-refractivity contribution in [2.24, 2.45) is 5.73 Å². The zero-order valence-electron chi connectivity index (χ0n) is 12.3. The van der Waals surface area contributed by atoms with Gasteiger partial charge in [-0.15, -0.1) is 0 Å². The van der Waals surface area contributed by atoms with E-state index in [4.69, 9.17) is 5.73 Å². The average Bonchev–Trinajstić information content (AvgIpc) is 2.94. The van der Waals surface area contributed by atoms with Gasteiger partial charge in [-0.3, -0.25) is 4.90 Å². The molecule has 2 rings (SSSR count). The number of nitrogens with one attached hydrogen (secondary N) is 1. The van der Waals surface area contributed by atoms with E-state index in [1.165, 1.54) is 7.11 Å². The minimum absolute atomic E-state index is 0.0873. The van der Waals surface area contributed by atoms with Crippen molar-refractivity contribution in [1.82, 2.24) is 10.2 Å². The number of carbonyl (C=O) groups is 1. The van der Waals surface area contributed by atoms with Crippen LogP contribution in [0.15, 0.2) is 24.3 Å². The fourth-order valence-electron chi connectivity index (χ4n) is 2.57. The lowest BCUT2D eigenvalue weighted by molar-refractivity contribution is 0.124. The van der Waals surface area contributed by atoms with Crippen LogP contribution < -0.4 is 11.1 Å². The Hall–Kier alpha value is -1.63. The molecule has 0 spiro atoms. The molecule has 4 N–H and O–H groups in total. The maximum absolute atomic E-state index is 11.2. The van der Waals surface area contributed by atoms with Crippen LogP contribution in [0.3, 0.4) is 0 Å². The molecule has 2 unspecified atom stereocenters. The summed E-state index contributed by atoms with van der Waals surface area (Å²) in [5, 5.41) is 13.1. The van der Waals surface area contributed by atoms with E-state index in [0.29, 0.717) is 13.1 Å². The number of ether oxygens (including phenoxy) is 1. The number of hydrogen-bond acceptors (Lipinski definition) is 5. The first-order valence-electron chi connectivity index (χ1n) is 7.16. The monoisotopic (exact) mass is 293 g/mol. The highest BCUT2D eigenvalue weighted by atomic mass is 16.5. The molecule has 116 valence electrons. The number of β-amino-alcohol motifs (C(OH)–C–C–N with tert-alkyl or cyclic N) is 1. The van der Waals surface area contributed by atoms with E-state index in [1.807, 2.05) is 24.3 Å². The van der Waals surface area contributed by atoms with Crippen molar-refractivity contribution in [2.45, 2.75) is 25.1 Å². The SMILES string of the molecule is COC(=O)NC1CCN(CC(O)c2ccc(CN)cc2)C1. The maximum atomic E-state index is 11.2. The molecule has 6 nitrogen and oxygen atoms in total. The number of nitrogens with two attached hydrogens (primary N) is 1. The molecule has 0 aliphatic carbocycles. The van der Waals surface area contributed by atoms with Gasteiger partial charge in [-0.2, -0.15) is 0 Å². The van der Waals surface area contributed by atoms with Gasteiger partial charge in [-0.1, -0.05) is 24.3 Å². The van der Waals surface area contributed by atoms with Crippen molar-refractivity contribution in [2.75, 3.05) is 26.7 Å². The molecular formula is C15H23N3O3. The summed E-state index contributed by atoms with van der Waals surface area (Å²) in [5.41, 5.74) is 7.50. The van der Waals surface area contributed by atoms with E-state index in [1.54, 1.807) is 0 Å². The Labute approximate surface area is 124 Å². The summed E-state index contributed by atoms with van der Waals surface area (Å²) in [7, 11) is 1.36. The Morgan fingerprint density at radius 3 is 2.86 bits per heavy atom. The molecular weight excluding hydrogens is 270 g/mol. The Bertz CT molecular complexity index is 464. The third kappa shape index (κ3) is 4.42. The molecule has 1 amide bonds. The van der Waals surface area contributed by atoms with Crippen molar-refractivity contribution in [3.8, 4) is 0 Å². The molecule has 6 heteroatoms. The highest BCUT2D eigenvalue weighted by Crippen LogP contribution is 2.18. The highest BCUT2D eigenvalue weighted by Gasteiger charge is 2.25. The second-order valence-corrected chi connectivity index (χ2v) is 5.34. The highest BCUT2D eigenvalue weighted by molar-refractivity contribution is 5.67. The summed E-state index contributed by atoms with van der Waals surface area (Å²) >= 11 is 0. The predicted octanol–water partition coefficient (Wildman–Crippen LogP) is 0.609. The molecule has 1 aliphatic heterocycles. The van der Waals surface area contributed by atoms with Crippen LogP contribution in [0.1, 0.15) is 23.7 Å². The summed E-state index contributed by atoms with van der Waals surface area (Å²) in [6, 6.07) is 7.78. The maximum Gasteiger partial charge on any atom is 0.407 e. The van der Waals surface area contributed by atoms with Gasteiger partial charge in [0.05, 0.1) is 13.2 Å². The average molecular weight is 293 g/mol. The summed E-state index contributed by atoms with van der Waals surface area (Å²) in [6.07, 6.45) is -0.0676. The Kier molecular flexibility index (Phi) is 5.55. The fraction of sp³-hybridized carbons (Fsp3) is 0.533. The van der Waals surface area contributed by atoms with E-state index in [9.17, 15) is 9.90 Å². The number of likely N-dealkylation sites (tertiary alicyclic amines) is 1. The molecule has 21 heavy (non-hydrogen) atoms. The molecule has 0 saturated carbocycles. The third-order valence-electron chi connectivity index (χ3n) is 3.81. The lowest BCUT2D eigenvalue weighted by atomic mass is 10.1. The number of aliphatic hydroxyl groups excluding tert-OH is 1. The van der Waals surface area contributed by atoms with Gasteiger partial charge in [0.25, 0.3) is 0 Å². The number of rotatable bonds is 5. The van der Waals surface area contributed by atoms with Crippen molar-refractivity contribution < 1.29 is 14.6 Å². The summed E-state index contributed by atoms with van der Waals surface area (Å²) in [5.74, 6) is 0. The number of carbonyl (C=O) groups excluding carboxylic acids is 1. The van der Waals surface area contributed by atoms with E-state index in [0.717, 1.165) is 30.6 Å². The van der Waals surface area contributed by atoms with Gasteiger partial charge in [-0.25, -0.2) is 4.79 Å². The number of amides is 1. The number of aliphatic hydroxyl groups is 1. The van der Waals surface area contributed by atoms with Crippen molar-refractivity contribution >= 4 is 6.09 Å². The zero-order valence-corrected chi connectivity index (χ0v) is 12.3. The van der Waals surface area contributed by atoms with Crippen LogP contribution in [0.5, 0.6) is 0 Å². The van der Waals surface area contributed by atoms with Crippen molar-refractivity contribution in [3.05, 3.63) is 35.4 Å². The van der Waals surface area contributed by atoms with Gasteiger partial charge < -0.3 is 20.9 Å². The molecule has 2 atom stereocenters.